The summed E-state index contributed by atoms with van der Waals surface area (Å²) in [5, 5.41) is 11.0. The van der Waals surface area contributed by atoms with Crippen LogP contribution in [0, 0.1) is 0 Å². The number of benzene rings is 2. The number of piperazine rings is 1. The van der Waals surface area contributed by atoms with Crippen LogP contribution in [0.3, 0.4) is 0 Å². The summed E-state index contributed by atoms with van der Waals surface area (Å²) in [5.74, 6) is 1.71. The molecule has 162 valence electrons. The molecule has 1 atom stereocenters. The van der Waals surface area contributed by atoms with Gasteiger partial charge in [-0.25, -0.2) is 0 Å². The topological polar surface area (TPSA) is 58.1 Å². The van der Waals surface area contributed by atoms with E-state index in [2.05, 4.69) is 20.9 Å². The maximum atomic E-state index is 11.0. The van der Waals surface area contributed by atoms with Crippen LogP contribution in [-0.4, -0.2) is 55.4 Å². The Bertz CT molecular complexity index is 966. The van der Waals surface area contributed by atoms with Crippen molar-refractivity contribution in [2.75, 3.05) is 45.3 Å². The van der Waals surface area contributed by atoms with Crippen molar-refractivity contribution in [3.8, 4) is 11.5 Å². The number of rotatable bonds is 7. The minimum absolute atomic E-state index is 0.694. The fourth-order valence-corrected chi connectivity index (χ4v) is 4.18. The number of ether oxygens (including phenoxy) is 2. The first-order valence-electron chi connectivity index (χ1n) is 10.6. The maximum Gasteiger partial charge on any atom is 0.127 e. The number of methoxy groups -OCH3 is 2. The molecular weight excluding hydrogens is 390 g/mol. The van der Waals surface area contributed by atoms with Gasteiger partial charge in [0.05, 0.1) is 19.8 Å². The van der Waals surface area contributed by atoms with E-state index in [-0.39, 0.29) is 0 Å². The molecule has 3 aromatic rings. The molecule has 1 saturated heterocycles. The summed E-state index contributed by atoms with van der Waals surface area (Å²) in [4.78, 5) is 8.92. The molecule has 6 nitrogen and oxygen atoms in total. The average molecular weight is 420 g/mol. The summed E-state index contributed by atoms with van der Waals surface area (Å²) in [5.41, 5.74) is 3.87. The van der Waals surface area contributed by atoms with E-state index in [0.717, 1.165) is 66.6 Å². The van der Waals surface area contributed by atoms with Gasteiger partial charge in [-0.2, -0.15) is 0 Å². The van der Waals surface area contributed by atoms with Crippen molar-refractivity contribution in [3.05, 3.63) is 83.7 Å². The average Bonchev–Trinajstić information content (AvgIpc) is 2.84. The third-order valence-corrected chi connectivity index (χ3v) is 5.86. The summed E-state index contributed by atoms with van der Waals surface area (Å²) < 4.78 is 11.1. The van der Waals surface area contributed by atoms with Crippen molar-refractivity contribution in [1.29, 1.82) is 0 Å². The number of aliphatic hydroxyl groups excluding tert-OH is 1. The number of aliphatic hydroxyl groups is 1. The van der Waals surface area contributed by atoms with Gasteiger partial charge in [0.25, 0.3) is 0 Å². The molecule has 1 aliphatic heterocycles. The third kappa shape index (κ3) is 4.65. The lowest BCUT2D eigenvalue weighted by atomic mass is 10.00. The molecule has 0 unspecified atom stereocenters. The summed E-state index contributed by atoms with van der Waals surface area (Å²) in [7, 11) is 3.39. The Labute approximate surface area is 183 Å². The second kappa shape index (κ2) is 9.81. The molecule has 0 saturated carbocycles. The Morgan fingerprint density at radius 2 is 1.61 bits per heavy atom. The lowest BCUT2D eigenvalue weighted by Crippen LogP contribution is -2.46. The zero-order valence-corrected chi connectivity index (χ0v) is 18.1. The number of nitrogens with zero attached hydrogens (tertiary/aromatic N) is 3. The SMILES string of the molecule is COc1cccc(OC)c1CN1CCN(c2ccccc2[C@H](O)c2cccnc2)CC1. The van der Waals surface area contributed by atoms with Crippen LogP contribution >= 0.6 is 0 Å². The van der Waals surface area contributed by atoms with Crippen LogP contribution in [0.2, 0.25) is 0 Å². The van der Waals surface area contributed by atoms with Crippen LogP contribution in [0.4, 0.5) is 5.69 Å². The molecule has 31 heavy (non-hydrogen) atoms. The lowest BCUT2D eigenvalue weighted by molar-refractivity contribution is 0.218. The molecule has 6 heteroatoms. The predicted molar refractivity (Wildman–Crippen MR) is 122 cm³/mol. The first-order valence-corrected chi connectivity index (χ1v) is 10.6. The minimum atomic E-state index is -0.694. The second-order valence-corrected chi connectivity index (χ2v) is 7.65. The van der Waals surface area contributed by atoms with Crippen LogP contribution in [-0.2, 0) is 6.54 Å². The van der Waals surface area contributed by atoms with Gasteiger partial charge in [0.2, 0.25) is 0 Å². The monoisotopic (exact) mass is 419 g/mol. The Morgan fingerprint density at radius 3 is 2.26 bits per heavy atom. The molecule has 0 amide bonds. The van der Waals surface area contributed by atoms with Gasteiger partial charge in [-0.3, -0.25) is 9.88 Å². The fourth-order valence-electron chi connectivity index (χ4n) is 4.18. The number of hydrogen-bond donors (Lipinski definition) is 1. The van der Waals surface area contributed by atoms with Gasteiger partial charge in [0.15, 0.2) is 0 Å². The number of para-hydroxylation sites is 1. The summed E-state index contributed by atoms with van der Waals surface area (Å²) in [6, 6.07) is 17.8. The van der Waals surface area contributed by atoms with E-state index >= 15 is 0 Å². The largest absolute Gasteiger partial charge is 0.496 e. The smallest absolute Gasteiger partial charge is 0.127 e. The first kappa shape index (κ1) is 21.2. The fraction of sp³-hybridized carbons (Fsp3) is 0.320. The van der Waals surface area contributed by atoms with E-state index < -0.39 is 6.10 Å². The molecule has 2 aromatic carbocycles. The Kier molecular flexibility index (Phi) is 6.70. The van der Waals surface area contributed by atoms with E-state index in [1.54, 1.807) is 26.6 Å². The van der Waals surface area contributed by atoms with Crippen molar-refractivity contribution < 1.29 is 14.6 Å². The number of pyridine rings is 1. The molecule has 0 bridgehead atoms. The van der Waals surface area contributed by atoms with Gasteiger partial charge >= 0.3 is 0 Å². The number of anilines is 1. The Balaban J connectivity index is 1.47. The van der Waals surface area contributed by atoms with E-state index in [4.69, 9.17) is 9.47 Å². The highest BCUT2D eigenvalue weighted by atomic mass is 16.5. The molecule has 1 N–H and O–H groups in total. The Morgan fingerprint density at radius 1 is 0.903 bits per heavy atom. The molecule has 2 heterocycles. The molecule has 0 radical (unpaired) electrons. The van der Waals surface area contributed by atoms with Gasteiger partial charge in [-0.1, -0.05) is 30.3 Å². The normalized spacial score (nSPS) is 15.5. The second-order valence-electron chi connectivity index (χ2n) is 7.65. The third-order valence-electron chi connectivity index (χ3n) is 5.86. The predicted octanol–water partition coefficient (Wildman–Crippen LogP) is 3.50. The highest BCUT2D eigenvalue weighted by molar-refractivity contribution is 5.56. The van der Waals surface area contributed by atoms with E-state index in [1.165, 1.54) is 0 Å². The van der Waals surface area contributed by atoms with Gasteiger partial charge in [-0.05, 0) is 24.3 Å². The van der Waals surface area contributed by atoms with Gasteiger partial charge in [0, 0.05) is 61.9 Å². The van der Waals surface area contributed by atoms with Gasteiger partial charge in [-0.15, -0.1) is 0 Å². The zero-order valence-electron chi connectivity index (χ0n) is 18.1. The van der Waals surface area contributed by atoms with Gasteiger partial charge in [0.1, 0.15) is 17.6 Å². The molecule has 1 fully saturated rings. The molecule has 1 aromatic heterocycles. The quantitative estimate of drug-likeness (QED) is 0.633. The van der Waals surface area contributed by atoms with Crippen molar-refractivity contribution in [2.24, 2.45) is 0 Å². The van der Waals surface area contributed by atoms with Crippen LogP contribution in [0.1, 0.15) is 22.8 Å². The van der Waals surface area contributed by atoms with Crippen molar-refractivity contribution in [1.82, 2.24) is 9.88 Å². The number of hydrogen-bond acceptors (Lipinski definition) is 6. The van der Waals surface area contributed by atoms with Crippen LogP contribution in [0.15, 0.2) is 67.0 Å². The van der Waals surface area contributed by atoms with E-state index in [9.17, 15) is 5.11 Å². The minimum Gasteiger partial charge on any atom is -0.496 e. The van der Waals surface area contributed by atoms with Crippen LogP contribution in [0.5, 0.6) is 11.5 Å². The highest BCUT2D eigenvalue weighted by Crippen LogP contribution is 2.33. The molecule has 1 aliphatic rings. The molecule has 4 rings (SSSR count). The lowest BCUT2D eigenvalue weighted by Gasteiger charge is -2.37. The standard InChI is InChI=1S/C25H29N3O3/c1-30-23-10-5-11-24(31-2)21(23)18-27-13-15-28(16-14-27)22-9-4-3-8-20(22)25(29)19-7-6-12-26-17-19/h3-12,17,25,29H,13-16,18H2,1-2H3/t25-/m1/s1. The first-order chi connectivity index (χ1) is 15.2. The van der Waals surface area contributed by atoms with Crippen molar-refractivity contribution >= 4 is 5.69 Å². The maximum absolute atomic E-state index is 11.0. The summed E-state index contributed by atoms with van der Waals surface area (Å²) >= 11 is 0. The summed E-state index contributed by atoms with van der Waals surface area (Å²) in [6.45, 7) is 4.38. The van der Waals surface area contributed by atoms with Gasteiger partial charge < -0.3 is 19.5 Å². The zero-order chi connectivity index (χ0) is 21.6. The van der Waals surface area contributed by atoms with Crippen LogP contribution in [0.25, 0.3) is 0 Å². The Hall–Kier alpha value is -3.09. The molecular formula is C25H29N3O3. The van der Waals surface area contributed by atoms with E-state index in [0.29, 0.717) is 0 Å². The summed E-state index contributed by atoms with van der Waals surface area (Å²) in [6.07, 6.45) is 2.75. The molecule has 0 spiro atoms. The highest BCUT2D eigenvalue weighted by Gasteiger charge is 2.23. The van der Waals surface area contributed by atoms with Crippen molar-refractivity contribution in [2.45, 2.75) is 12.6 Å². The number of aromatic nitrogens is 1. The van der Waals surface area contributed by atoms with Crippen LogP contribution < -0.4 is 14.4 Å². The molecule has 0 aliphatic carbocycles. The van der Waals surface area contributed by atoms with E-state index in [1.807, 2.05) is 48.5 Å². The van der Waals surface area contributed by atoms with Crippen molar-refractivity contribution in [3.63, 3.8) is 0 Å².